The molecule has 0 aliphatic heterocycles. The van der Waals surface area contributed by atoms with Crippen LogP contribution in [0.5, 0.6) is 0 Å². The van der Waals surface area contributed by atoms with Gasteiger partial charge in [0.1, 0.15) is 0 Å². The number of nitrogens with zero attached hydrogens (tertiary/aromatic N) is 6. The second kappa shape index (κ2) is 6.63. The maximum absolute atomic E-state index is 12.7. The number of fused-ring (bicyclic) bond motifs is 1. The van der Waals surface area contributed by atoms with Crippen LogP contribution in [-0.4, -0.2) is 36.9 Å². The second-order valence-electron chi connectivity index (χ2n) is 6.52. The monoisotopic (exact) mass is 366 g/mol. The average Bonchev–Trinajstić information content (AvgIpc) is 3.37. The summed E-state index contributed by atoms with van der Waals surface area (Å²) in [6, 6.07) is 8.03. The number of aryl methyl sites for hydroxylation is 1. The highest BCUT2D eigenvalue weighted by Crippen LogP contribution is 2.24. The lowest BCUT2D eigenvalue weighted by Gasteiger charge is -2.08. The minimum Gasteiger partial charge on any atom is -0.378 e. The van der Waals surface area contributed by atoms with E-state index in [-0.39, 0.29) is 23.2 Å². The van der Waals surface area contributed by atoms with Crippen molar-refractivity contribution < 1.29 is 9.42 Å². The number of benzene rings is 1. The van der Waals surface area contributed by atoms with Crippen LogP contribution in [0.15, 0.2) is 34.0 Å². The third-order valence-corrected chi connectivity index (χ3v) is 4.41. The predicted octanol–water partition coefficient (Wildman–Crippen LogP) is 1.44. The molecule has 3 aromatic rings. The average molecular weight is 366 g/mol. The third kappa shape index (κ3) is 2.94. The van der Waals surface area contributed by atoms with Crippen molar-refractivity contribution in [3.05, 3.63) is 46.8 Å². The van der Waals surface area contributed by atoms with Crippen molar-refractivity contribution in [3.8, 4) is 5.82 Å². The topological polar surface area (TPSA) is 137 Å². The summed E-state index contributed by atoms with van der Waals surface area (Å²) in [5.74, 6) is -0.258. The van der Waals surface area contributed by atoms with Gasteiger partial charge in [0.15, 0.2) is 5.69 Å². The van der Waals surface area contributed by atoms with E-state index in [4.69, 9.17) is 5.73 Å². The number of amides is 1. The summed E-state index contributed by atoms with van der Waals surface area (Å²) in [6.07, 6.45) is 1.70. The molecule has 10 heteroatoms. The highest BCUT2D eigenvalue weighted by atomic mass is 16.6. The third-order valence-electron chi connectivity index (χ3n) is 4.41. The van der Waals surface area contributed by atoms with E-state index in [1.165, 1.54) is 10.2 Å². The van der Waals surface area contributed by atoms with Gasteiger partial charge in [0.2, 0.25) is 11.6 Å². The number of nitrogens with two attached hydrogens (primary N) is 1. The standard InChI is InChI=1S/C17H18N8O2/c1-9(2)14-13(20-24-25(14)16-15(18)22-27-23-16)17(26)21-19-12-8-7-10-5-3-4-6-11(10)12/h3-6,9H,7-8H2,1-2H3,(H2,18,22)(H,21,26)/b19-12-. The minimum atomic E-state index is -0.447. The molecule has 0 bridgehead atoms. The number of carbonyl (C=O) groups excluding carboxylic acids is 1. The van der Waals surface area contributed by atoms with E-state index in [9.17, 15) is 4.79 Å². The van der Waals surface area contributed by atoms with E-state index in [1.807, 2.05) is 32.0 Å². The van der Waals surface area contributed by atoms with Gasteiger partial charge in [0.25, 0.3) is 5.91 Å². The SMILES string of the molecule is CC(C)c1c(C(=O)N/N=C2/CCc3ccccc32)nnn1-c1nonc1N. The number of rotatable bonds is 4. The van der Waals surface area contributed by atoms with Crippen molar-refractivity contribution in [1.29, 1.82) is 0 Å². The van der Waals surface area contributed by atoms with E-state index < -0.39 is 5.91 Å². The van der Waals surface area contributed by atoms with Crippen LogP contribution in [-0.2, 0) is 6.42 Å². The maximum Gasteiger partial charge on any atom is 0.293 e. The van der Waals surface area contributed by atoms with Gasteiger partial charge in [0, 0.05) is 5.56 Å². The molecule has 0 unspecified atom stereocenters. The number of carbonyl (C=O) groups is 1. The van der Waals surface area contributed by atoms with Crippen LogP contribution in [0.25, 0.3) is 5.82 Å². The Morgan fingerprint density at radius 1 is 1.30 bits per heavy atom. The molecule has 0 atom stereocenters. The molecule has 138 valence electrons. The van der Waals surface area contributed by atoms with Crippen LogP contribution in [0, 0.1) is 0 Å². The van der Waals surface area contributed by atoms with Crippen molar-refractivity contribution in [2.45, 2.75) is 32.6 Å². The zero-order valence-electron chi connectivity index (χ0n) is 14.9. The first-order chi connectivity index (χ1) is 13.1. The minimum absolute atomic E-state index is 0.0663. The summed E-state index contributed by atoms with van der Waals surface area (Å²) in [7, 11) is 0. The van der Waals surface area contributed by atoms with Crippen LogP contribution in [0.2, 0.25) is 0 Å². The second-order valence-corrected chi connectivity index (χ2v) is 6.52. The van der Waals surface area contributed by atoms with Gasteiger partial charge in [-0.15, -0.1) is 5.10 Å². The highest BCUT2D eigenvalue weighted by molar-refractivity contribution is 6.05. The van der Waals surface area contributed by atoms with Gasteiger partial charge in [0.05, 0.1) is 11.4 Å². The Morgan fingerprint density at radius 3 is 2.85 bits per heavy atom. The number of anilines is 1. The van der Waals surface area contributed by atoms with Crippen LogP contribution in [0.1, 0.15) is 53.5 Å². The summed E-state index contributed by atoms with van der Waals surface area (Å²) in [5.41, 5.74) is 12.2. The largest absolute Gasteiger partial charge is 0.378 e. The number of aromatic nitrogens is 5. The maximum atomic E-state index is 12.7. The zero-order valence-corrected chi connectivity index (χ0v) is 14.9. The molecule has 4 rings (SSSR count). The lowest BCUT2D eigenvalue weighted by atomic mass is 10.1. The normalized spacial score (nSPS) is 14.7. The number of hydrogen-bond donors (Lipinski definition) is 2. The fraction of sp³-hybridized carbons (Fsp3) is 0.294. The molecule has 27 heavy (non-hydrogen) atoms. The predicted molar refractivity (Wildman–Crippen MR) is 96.5 cm³/mol. The Bertz CT molecular complexity index is 1030. The molecule has 1 aliphatic carbocycles. The Balaban J connectivity index is 1.63. The molecule has 1 aromatic carbocycles. The fourth-order valence-electron chi connectivity index (χ4n) is 3.16. The summed E-state index contributed by atoms with van der Waals surface area (Å²) >= 11 is 0. The van der Waals surface area contributed by atoms with Crippen LogP contribution >= 0.6 is 0 Å². The molecular weight excluding hydrogens is 348 g/mol. The molecule has 0 saturated heterocycles. The summed E-state index contributed by atoms with van der Waals surface area (Å²) in [5, 5.41) is 19.5. The molecule has 10 nitrogen and oxygen atoms in total. The first-order valence-electron chi connectivity index (χ1n) is 8.55. The number of hydrogen-bond acceptors (Lipinski definition) is 8. The fourth-order valence-corrected chi connectivity index (χ4v) is 3.16. The van der Waals surface area contributed by atoms with Crippen molar-refractivity contribution in [2.24, 2.45) is 5.10 Å². The Morgan fingerprint density at radius 2 is 2.11 bits per heavy atom. The molecule has 3 N–H and O–H groups in total. The molecule has 0 saturated carbocycles. The van der Waals surface area contributed by atoms with Gasteiger partial charge in [-0.2, -0.15) is 9.78 Å². The first-order valence-corrected chi connectivity index (χ1v) is 8.55. The highest BCUT2D eigenvalue weighted by Gasteiger charge is 2.26. The molecule has 2 heterocycles. The van der Waals surface area contributed by atoms with Gasteiger partial charge in [-0.3, -0.25) is 4.79 Å². The van der Waals surface area contributed by atoms with Crippen molar-refractivity contribution in [2.75, 3.05) is 5.73 Å². The molecule has 2 aromatic heterocycles. The molecule has 0 fully saturated rings. The number of nitrogens with one attached hydrogen (secondary N) is 1. The zero-order chi connectivity index (χ0) is 19.0. The quantitative estimate of drug-likeness (QED) is 0.666. The van der Waals surface area contributed by atoms with E-state index in [1.54, 1.807) is 0 Å². The van der Waals surface area contributed by atoms with Crippen LogP contribution in [0.3, 0.4) is 0 Å². The molecule has 0 radical (unpaired) electrons. The molecular formula is C17H18N8O2. The molecule has 1 amide bonds. The van der Waals surface area contributed by atoms with E-state index in [2.05, 4.69) is 41.8 Å². The lowest BCUT2D eigenvalue weighted by Crippen LogP contribution is -2.22. The van der Waals surface area contributed by atoms with E-state index in [0.29, 0.717) is 5.69 Å². The van der Waals surface area contributed by atoms with Crippen molar-refractivity contribution in [1.82, 2.24) is 30.7 Å². The van der Waals surface area contributed by atoms with E-state index in [0.717, 1.165) is 24.1 Å². The van der Waals surface area contributed by atoms with Gasteiger partial charge < -0.3 is 5.73 Å². The van der Waals surface area contributed by atoms with Crippen molar-refractivity contribution >= 4 is 17.4 Å². The Hall–Kier alpha value is -3.56. The van der Waals surface area contributed by atoms with Crippen LogP contribution in [0.4, 0.5) is 5.82 Å². The summed E-state index contributed by atoms with van der Waals surface area (Å²) in [6.45, 7) is 3.82. The van der Waals surface area contributed by atoms with Gasteiger partial charge in [-0.25, -0.2) is 10.1 Å². The Labute approximate surface area is 154 Å². The van der Waals surface area contributed by atoms with Gasteiger partial charge >= 0.3 is 0 Å². The van der Waals surface area contributed by atoms with Crippen molar-refractivity contribution in [3.63, 3.8) is 0 Å². The molecule has 0 spiro atoms. The first kappa shape index (κ1) is 16.9. The lowest BCUT2D eigenvalue weighted by molar-refractivity contribution is 0.0948. The van der Waals surface area contributed by atoms with E-state index >= 15 is 0 Å². The van der Waals surface area contributed by atoms with Gasteiger partial charge in [-0.1, -0.05) is 43.3 Å². The number of hydrazone groups is 1. The summed E-state index contributed by atoms with van der Waals surface area (Å²) in [4.78, 5) is 12.7. The Kier molecular flexibility index (Phi) is 4.15. The smallest absolute Gasteiger partial charge is 0.293 e. The number of nitrogen functional groups attached to an aromatic ring is 1. The van der Waals surface area contributed by atoms with Crippen LogP contribution < -0.4 is 11.2 Å². The molecule has 1 aliphatic rings. The summed E-state index contributed by atoms with van der Waals surface area (Å²) < 4.78 is 5.98. The van der Waals surface area contributed by atoms with Gasteiger partial charge in [-0.05, 0) is 34.6 Å².